The van der Waals surface area contributed by atoms with E-state index in [0.717, 1.165) is 15.7 Å². The van der Waals surface area contributed by atoms with Gasteiger partial charge in [0.2, 0.25) is 17.8 Å². The first kappa shape index (κ1) is 19.6. The topological polar surface area (TPSA) is 121 Å². The largest absolute Gasteiger partial charge is 0.369 e. The van der Waals surface area contributed by atoms with E-state index in [4.69, 9.17) is 5.73 Å². The maximum absolute atomic E-state index is 12.2. The number of carbonyl (C=O) groups excluding carboxylic acids is 2. The maximum Gasteiger partial charge on any atom is 0.252 e. The molecule has 1 heterocycles. The van der Waals surface area contributed by atoms with E-state index in [-0.39, 0.29) is 24.2 Å². The van der Waals surface area contributed by atoms with E-state index in [2.05, 4.69) is 41.9 Å². The molecule has 0 saturated heterocycles. The number of nitrogens with one attached hydrogen (secondary N) is 3. The Morgan fingerprint density at radius 1 is 1.14 bits per heavy atom. The molecule has 3 rings (SSSR count). The number of amides is 2. The minimum atomic E-state index is -0.846. The van der Waals surface area contributed by atoms with Crippen molar-refractivity contribution in [2.75, 3.05) is 10.6 Å². The molecule has 9 heteroatoms. The number of benzene rings is 2. The zero-order chi connectivity index (χ0) is 20.1. The van der Waals surface area contributed by atoms with Gasteiger partial charge in [-0.15, -0.1) is 0 Å². The maximum atomic E-state index is 12.2. The van der Waals surface area contributed by atoms with Gasteiger partial charge in [-0.1, -0.05) is 33.6 Å². The monoisotopic (exact) mass is 442 g/mol. The molecule has 0 radical (unpaired) electrons. The predicted molar refractivity (Wildman–Crippen MR) is 113 cm³/mol. The molecule has 8 nitrogen and oxygen atoms in total. The van der Waals surface area contributed by atoms with Crippen LogP contribution in [-0.4, -0.2) is 29.8 Å². The molecule has 2 amide bonds. The highest BCUT2D eigenvalue weighted by molar-refractivity contribution is 9.10. The summed E-state index contributed by atoms with van der Waals surface area (Å²) in [6, 6.07) is 13.9. The molecule has 0 unspecified atom stereocenters. The van der Waals surface area contributed by atoms with Crippen LogP contribution in [-0.2, 0) is 9.59 Å². The van der Waals surface area contributed by atoms with Crippen LogP contribution in [0, 0.1) is 6.92 Å². The normalized spacial score (nSPS) is 16.4. The minimum absolute atomic E-state index is 0.0727. The fourth-order valence-electron chi connectivity index (χ4n) is 2.47. The van der Waals surface area contributed by atoms with Crippen LogP contribution in [0.1, 0.15) is 12.0 Å². The van der Waals surface area contributed by atoms with Crippen molar-refractivity contribution in [2.45, 2.75) is 19.4 Å². The fraction of sp³-hybridized carbons (Fsp3) is 0.158. The summed E-state index contributed by atoms with van der Waals surface area (Å²) in [5.41, 5.74) is 8.38. The lowest BCUT2D eigenvalue weighted by atomic mass is 10.2. The van der Waals surface area contributed by atoms with Gasteiger partial charge in [-0.05, 0) is 43.3 Å². The molecule has 0 fully saturated rings. The smallest absolute Gasteiger partial charge is 0.252 e. The van der Waals surface area contributed by atoms with Crippen molar-refractivity contribution in [3.05, 3.63) is 58.6 Å². The lowest BCUT2D eigenvalue weighted by Crippen LogP contribution is -2.32. The van der Waals surface area contributed by atoms with Crippen molar-refractivity contribution in [3.8, 4) is 0 Å². The molecule has 1 atom stereocenters. The molecule has 1 aliphatic heterocycles. The second kappa shape index (κ2) is 8.66. The summed E-state index contributed by atoms with van der Waals surface area (Å²) >= 11 is 3.33. The van der Waals surface area contributed by atoms with E-state index in [0.29, 0.717) is 5.69 Å². The highest BCUT2D eigenvalue weighted by Gasteiger charge is 2.28. The molecule has 144 valence electrons. The Morgan fingerprint density at radius 2 is 1.75 bits per heavy atom. The van der Waals surface area contributed by atoms with Gasteiger partial charge in [0.05, 0.1) is 6.42 Å². The van der Waals surface area contributed by atoms with Crippen LogP contribution in [0.2, 0.25) is 0 Å². The molecule has 28 heavy (non-hydrogen) atoms. The lowest BCUT2D eigenvalue weighted by Gasteiger charge is -2.06. The van der Waals surface area contributed by atoms with E-state index >= 15 is 0 Å². The van der Waals surface area contributed by atoms with Gasteiger partial charge in [0.15, 0.2) is 0 Å². The van der Waals surface area contributed by atoms with Gasteiger partial charge in [0, 0.05) is 15.8 Å². The van der Waals surface area contributed by atoms with E-state index in [1.165, 1.54) is 0 Å². The number of aliphatic imine (C=N–C) groups is 2. The molecule has 0 aromatic heterocycles. The molecule has 1 aliphatic rings. The van der Waals surface area contributed by atoms with E-state index in [9.17, 15) is 9.59 Å². The third-order valence-electron chi connectivity index (χ3n) is 3.87. The third kappa shape index (κ3) is 5.40. The Kier molecular flexibility index (Phi) is 6.05. The van der Waals surface area contributed by atoms with Gasteiger partial charge < -0.3 is 16.4 Å². The average Bonchev–Trinajstić information content (AvgIpc) is 2.97. The molecular weight excluding hydrogens is 424 g/mol. The van der Waals surface area contributed by atoms with Crippen molar-refractivity contribution in [1.82, 2.24) is 5.32 Å². The number of carbonyl (C=O) groups is 2. The van der Waals surface area contributed by atoms with Crippen LogP contribution in [0.15, 0.2) is 63.0 Å². The summed E-state index contributed by atoms with van der Waals surface area (Å²) in [4.78, 5) is 32.4. The van der Waals surface area contributed by atoms with E-state index < -0.39 is 11.9 Å². The third-order valence-corrected chi connectivity index (χ3v) is 4.40. The van der Waals surface area contributed by atoms with Crippen LogP contribution >= 0.6 is 15.9 Å². The Morgan fingerprint density at radius 3 is 2.43 bits per heavy atom. The Hall–Kier alpha value is -3.20. The zero-order valence-corrected chi connectivity index (χ0v) is 16.7. The van der Waals surface area contributed by atoms with Crippen LogP contribution in [0.3, 0.4) is 0 Å². The number of rotatable bonds is 4. The summed E-state index contributed by atoms with van der Waals surface area (Å²) in [6.45, 7) is 1.98. The van der Waals surface area contributed by atoms with Crippen molar-refractivity contribution in [1.29, 1.82) is 0 Å². The van der Waals surface area contributed by atoms with Gasteiger partial charge >= 0.3 is 0 Å². The summed E-state index contributed by atoms with van der Waals surface area (Å²) < 4.78 is 0.907. The number of hydrogen-bond acceptors (Lipinski definition) is 4. The first-order valence-electron chi connectivity index (χ1n) is 8.51. The van der Waals surface area contributed by atoms with Crippen LogP contribution in [0.25, 0.3) is 0 Å². The Balaban J connectivity index is 1.59. The number of hydrogen-bond donors (Lipinski definition) is 4. The molecule has 2 aromatic rings. The van der Waals surface area contributed by atoms with Gasteiger partial charge in [-0.2, -0.15) is 4.99 Å². The molecule has 5 N–H and O–H groups in total. The number of halogens is 1. The summed E-state index contributed by atoms with van der Waals surface area (Å²) in [7, 11) is 0. The van der Waals surface area contributed by atoms with Crippen molar-refractivity contribution < 1.29 is 9.59 Å². The number of nitrogens with two attached hydrogens (primary N) is 1. The van der Waals surface area contributed by atoms with Crippen molar-refractivity contribution in [2.24, 2.45) is 15.7 Å². The van der Waals surface area contributed by atoms with Gasteiger partial charge in [-0.3, -0.25) is 14.9 Å². The first-order chi connectivity index (χ1) is 13.4. The molecular formula is C19H19BrN6O2. The van der Waals surface area contributed by atoms with Crippen LogP contribution in [0.5, 0.6) is 0 Å². The zero-order valence-electron chi connectivity index (χ0n) is 15.1. The van der Waals surface area contributed by atoms with Crippen molar-refractivity contribution >= 4 is 51.0 Å². The van der Waals surface area contributed by atoms with Crippen molar-refractivity contribution in [3.63, 3.8) is 0 Å². The summed E-state index contributed by atoms with van der Waals surface area (Å²) in [6.07, 6.45) is -0.0911. The predicted octanol–water partition coefficient (Wildman–Crippen LogP) is 2.37. The highest BCUT2D eigenvalue weighted by Crippen LogP contribution is 2.15. The molecule has 0 spiro atoms. The van der Waals surface area contributed by atoms with E-state index in [1.807, 2.05) is 43.3 Å². The van der Waals surface area contributed by atoms with Gasteiger partial charge in [-0.25, -0.2) is 4.99 Å². The molecule has 0 bridgehead atoms. The van der Waals surface area contributed by atoms with Gasteiger partial charge in [0.1, 0.15) is 6.04 Å². The SMILES string of the molecule is Cc1ccc(NC(N)=NC2=N[C@@H](CC(=O)Nc3ccc(Br)cc3)C(=O)N2)cc1. The molecule has 0 aliphatic carbocycles. The van der Waals surface area contributed by atoms with Crippen LogP contribution < -0.4 is 21.7 Å². The fourth-order valence-corrected chi connectivity index (χ4v) is 2.74. The average molecular weight is 443 g/mol. The first-order valence-corrected chi connectivity index (χ1v) is 9.30. The quantitative estimate of drug-likeness (QED) is 0.428. The second-order valence-corrected chi connectivity index (χ2v) is 7.12. The highest BCUT2D eigenvalue weighted by atomic mass is 79.9. The molecule has 0 saturated carbocycles. The van der Waals surface area contributed by atoms with E-state index in [1.54, 1.807) is 12.1 Å². The lowest BCUT2D eigenvalue weighted by molar-refractivity contribution is -0.123. The Labute approximate surface area is 170 Å². The number of aryl methyl sites for hydroxylation is 1. The molecule has 2 aromatic carbocycles. The number of nitrogens with zero attached hydrogens (tertiary/aromatic N) is 2. The summed E-state index contributed by atoms with van der Waals surface area (Å²) in [5.74, 6) is -0.554. The standard InChI is InChI=1S/C19H19BrN6O2/c1-11-2-6-14(7-3-11)23-18(21)26-19-24-15(17(28)25-19)10-16(27)22-13-8-4-12(20)5-9-13/h2-9,15H,10H2,1H3,(H,22,27)(H4,21,23,24,25,26,28)/t15-/m0/s1. The van der Waals surface area contributed by atoms with Gasteiger partial charge in [0.25, 0.3) is 5.91 Å². The second-order valence-electron chi connectivity index (χ2n) is 6.21. The number of guanidine groups is 2. The summed E-state index contributed by atoms with van der Waals surface area (Å²) in [5, 5.41) is 8.17. The number of anilines is 2. The Bertz CT molecular complexity index is 938. The minimum Gasteiger partial charge on any atom is -0.369 e. The van der Waals surface area contributed by atoms with Crippen LogP contribution in [0.4, 0.5) is 11.4 Å².